The van der Waals surface area contributed by atoms with Gasteiger partial charge < -0.3 is 9.73 Å². The summed E-state index contributed by atoms with van der Waals surface area (Å²) in [6.45, 7) is 4.47. The van der Waals surface area contributed by atoms with Crippen LogP contribution in [0.4, 0.5) is 5.69 Å². The zero-order valence-corrected chi connectivity index (χ0v) is 9.95. The van der Waals surface area contributed by atoms with Crippen LogP contribution in [0.5, 0.6) is 0 Å². The number of hydrogen-bond donors (Lipinski definition) is 1. The van der Waals surface area contributed by atoms with E-state index in [9.17, 15) is 0 Å². The number of aryl methyl sites for hydroxylation is 2. The van der Waals surface area contributed by atoms with Crippen LogP contribution in [0, 0.1) is 25.2 Å². The van der Waals surface area contributed by atoms with Crippen LogP contribution in [0.3, 0.4) is 0 Å². The van der Waals surface area contributed by atoms with Gasteiger partial charge in [-0.3, -0.25) is 0 Å². The number of rotatable bonds is 3. The third-order valence-corrected chi connectivity index (χ3v) is 2.54. The van der Waals surface area contributed by atoms with Gasteiger partial charge in [0.05, 0.1) is 17.8 Å². The number of furan rings is 1. The van der Waals surface area contributed by atoms with Crippen LogP contribution in [-0.2, 0) is 6.54 Å². The van der Waals surface area contributed by atoms with Crippen molar-refractivity contribution < 1.29 is 4.42 Å². The van der Waals surface area contributed by atoms with Crippen LogP contribution in [0.15, 0.2) is 34.7 Å². The Morgan fingerprint density at radius 3 is 2.71 bits per heavy atom. The molecule has 0 aliphatic carbocycles. The molecule has 1 N–H and O–H groups in total. The Bertz CT molecular complexity index is 564. The Labute approximate surface area is 101 Å². The molecule has 0 unspecified atom stereocenters. The van der Waals surface area contributed by atoms with Crippen LogP contribution in [0.1, 0.15) is 22.6 Å². The van der Waals surface area contributed by atoms with Crippen molar-refractivity contribution >= 4 is 5.69 Å². The maximum absolute atomic E-state index is 9.03. The number of hydrogen-bond acceptors (Lipinski definition) is 3. The number of nitrogens with zero attached hydrogens (tertiary/aromatic N) is 1. The SMILES string of the molecule is Cc1ccc(NCc2ccc(C)o2)c(C#N)c1. The molecule has 0 spiro atoms. The summed E-state index contributed by atoms with van der Waals surface area (Å²) in [7, 11) is 0. The third kappa shape index (κ3) is 2.67. The van der Waals surface area contributed by atoms with Gasteiger partial charge in [0.2, 0.25) is 0 Å². The molecule has 0 fully saturated rings. The van der Waals surface area contributed by atoms with Gasteiger partial charge in [0, 0.05) is 0 Å². The lowest BCUT2D eigenvalue weighted by Gasteiger charge is -2.07. The highest BCUT2D eigenvalue weighted by Gasteiger charge is 2.03. The topological polar surface area (TPSA) is 49.0 Å². The van der Waals surface area contributed by atoms with Gasteiger partial charge >= 0.3 is 0 Å². The van der Waals surface area contributed by atoms with Crippen molar-refractivity contribution in [3.8, 4) is 6.07 Å². The average Bonchev–Trinajstić information content (AvgIpc) is 2.73. The largest absolute Gasteiger partial charge is 0.465 e. The summed E-state index contributed by atoms with van der Waals surface area (Å²) in [5.41, 5.74) is 2.58. The predicted molar refractivity (Wildman–Crippen MR) is 66.7 cm³/mol. The first-order chi connectivity index (χ1) is 8.19. The lowest BCUT2D eigenvalue weighted by Crippen LogP contribution is -2.00. The molecule has 3 heteroatoms. The first kappa shape index (κ1) is 11.3. The first-order valence-corrected chi connectivity index (χ1v) is 5.49. The van der Waals surface area contributed by atoms with Gasteiger partial charge in [-0.15, -0.1) is 0 Å². The second-order valence-corrected chi connectivity index (χ2v) is 4.03. The third-order valence-electron chi connectivity index (χ3n) is 2.54. The first-order valence-electron chi connectivity index (χ1n) is 5.49. The van der Waals surface area contributed by atoms with E-state index in [1.165, 1.54) is 0 Å². The molecule has 2 aromatic rings. The van der Waals surface area contributed by atoms with E-state index in [0.717, 1.165) is 22.8 Å². The maximum atomic E-state index is 9.03. The quantitative estimate of drug-likeness (QED) is 0.872. The van der Waals surface area contributed by atoms with Crippen molar-refractivity contribution in [1.82, 2.24) is 0 Å². The van der Waals surface area contributed by atoms with Gasteiger partial charge in [-0.05, 0) is 43.7 Å². The summed E-state index contributed by atoms with van der Waals surface area (Å²) in [4.78, 5) is 0. The monoisotopic (exact) mass is 226 g/mol. The van der Waals surface area contributed by atoms with Crippen molar-refractivity contribution in [3.63, 3.8) is 0 Å². The summed E-state index contributed by atoms with van der Waals surface area (Å²) in [6.07, 6.45) is 0. The highest BCUT2D eigenvalue weighted by Crippen LogP contribution is 2.17. The van der Waals surface area contributed by atoms with Gasteiger partial charge in [0.25, 0.3) is 0 Å². The summed E-state index contributed by atoms with van der Waals surface area (Å²) in [6, 6.07) is 11.8. The van der Waals surface area contributed by atoms with E-state index in [1.807, 2.05) is 44.2 Å². The van der Waals surface area contributed by atoms with E-state index >= 15 is 0 Å². The zero-order chi connectivity index (χ0) is 12.3. The maximum Gasteiger partial charge on any atom is 0.123 e. The highest BCUT2D eigenvalue weighted by atomic mass is 16.3. The molecule has 0 radical (unpaired) electrons. The van der Waals surface area contributed by atoms with Crippen LogP contribution < -0.4 is 5.32 Å². The number of nitriles is 1. The van der Waals surface area contributed by atoms with Gasteiger partial charge in [0.15, 0.2) is 0 Å². The molecule has 0 saturated carbocycles. The molecule has 17 heavy (non-hydrogen) atoms. The molecule has 0 atom stereocenters. The molecule has 0 amide bonds. The van der Waals surface area contributed by atoms with E-state index in [2.05, 4.69) is 11.4 Å². The molecule has 0 bridgehead atoms. The van der Waals surface area contributed by atoms with E-state index in [-0.39, 0.29) is 0 Å². The molecule has 0 aliphatic heterocycles. The standard InChI is InChI=1S/C14H14N2O/c1-10-3-6-14(12(7-10)8-15)16-9-13-5-4-11(2)17-13/h3-7,16H,9H2,1-2H3. The summed E-state index contributed by atoms with van der Waals surface area (Å²) in [5.74, 6) is 1.76. The molecular weight excluding hydrogens is 212 g/mol. The van der Waals surface area contributed by atoms with Crippen molar-refractivity contribution in [2.75, 3.05) is 5.32 Å². The van der Waals surface area contributed by atoms with Crippen LogP contribution in [-0.4, -0.2) is 0 Å². The molecule has 3 nitrogen and oxygen atoms in total. The van der Waals surface area contributed by atoms with Crippen molar-refractivity contribution in [2.45, 2.75) is 20.4 Å². The fraction of sp³-hybridized carbons (Fsp3) is 0.214. The van der Waals surface area contributed by atoms with Gasteiger partial charge in [0.1, 0.15) is 17.6 Å². The van der Waals surface area contributed by atoms with Crippen LogP contribution in [0.2, 0.25) is 0 Å². The Morgan fingerprint density at radius 1 is 1.24 bits per heavy atom. The van der Waals surface area contributed by atoms with Crippen molar-refractivity contribution in [3.05, 3.63) is 53.0 Å². The van der Waals surface area contributed by atoms with E-state index < -0.39 is 0 Å². The molecule has 2 rings (SSSR count). The lowest BCUT2D eigenvalue weighted by atomic mass is 10.1. The van der Waals surface area contributed by atoms with Crippen LogP contribution >= 0.6 is 0 Å². The van der Waals surface area contributed by atoms with Gasteiger partial charge in [-0.2, -0.15) is 5.26 Å². The molecular formula is C14H14N2O. The number of nitrogens with one attached hydrogen (secondary N) is 1. The Balaban J connectivity index is 2.12. The molecule has 1 aromatic heterocycles. The molecule has 1 heterocycles. The molecule has 86 valence electrons. The van der Waals surface area contributed by atoms with Gasteiger partial charge in [-0.1, -0.05) is 6.07 Å². The minimum Gasteiger partial charge on any atom is -0.465 e. The fourth-order valence-corrected chi connectivity index (χ4v) is 1.67. The molecule has 1 aromatic carbocycles. The predicted octanol–water partition coefficient (Wildman–Crippen LogP) is 3.38. The summed E-state index contributed by atoms with van der Waals surface area (Å²) in [5, 5.41) is 12.2. The van der Waals surface area contributed by atoms with E-state index in [4.69, 9.17) is 9.68 Å². The molecule has 0 aliphatic rings. The Morgan fingerprint density at radius 2 is 2.06 bits per heavy atom. The van der Waals surface area contributed by atoms with E-state index in [1.54, 1.807) is 0 Å². The Hall–Kier alpha value is -2.21. The lowest BCUT2D eigenvalue weighted by molar-refractivity contribution is 0.490. The smallest absolute Gasteiger partial charge is 0.123 e. The normalized spacial score (nSPS) is 9.94. The highest BCUT2D eigenvalue weighted by molar-refractivity contribution is 5.58. The summed E-state index contributed by atoms with van der Waals surface area (Å²) < 4.78 is 5.46. The number of anilines is 1. The second-order valence-electron chi connectivity index (χ2n) is 4.03. The minimum atomic E-state index is 0.589. The van der Waals surface area contributed by atoms with Crippen LogP contribution in [0.25, 0.3) is 0 Å². The van der Waals surface area contributed by atoms with Crippen molar-refractivity contribution in [2.24, 2.45) is 0 Å². The zero-order valence-electron chi connectivity index (χ0n) is 9.95. The fourth-order valence-electron chi connectivity index (χ4n) is 1.67. The Kier molecular flexibility index (Phi) is 3.15. The average molecular weight is 226 g/mol. The minimum absolute atomic E-state index is 0.589. The summed E-state index contributed by atoms with van der Waals surface area (Å²) >= 11 is 0. The van der Waals surface area contributed by atoms with Crippen molar-refractivity contribution in [1.29, 1.82) is 5.26 Å². The van der Waals surface area contributed by atoms with Gasteiger partial charge in [-0.25, -0.2) is 0 Å². The number of benzene rings is 1. The van der Waals surface area contributed by atoms with E-state index in [0.29, 0.717) is 12.1 Å². The molecule has 0 saturated heterocycles. The second kappa shape index (κ2) is 4.75.